The van der Waals surface area contributed by atoms with E-state index in [2.05, 4.69) is 28.2 Å². The molecule has 0 bridgehead atoms. The zero-order valence-electron chi connectivity index (χ0n) is 10.0. The molecule has 2 heterocycles. The molecule has 0 spiro atoms. The Morgan fingerprint density at radius 3 is 2.89 bits per heavy atom. The molecule has 0 saturated carbocycles. The summed E-state index contributed by atoms with van der Waals surface area (Å²) in [7, 11) is 0. The van der Waals surface area contributed by atoms with Crippen LogP contribution in [-0.2, 0) is 13.1 Å². The number of nitrogens with zero attached hydrogens (tertiary/aromatic N) is 4. The Labute approximate surface area is 106 Å². The van der Waals surface area contributed by atoms with Crippen molar-refractivity contribution in [2.75, 3.05) is 6.54 Å². The zero-order chi connectivity index (χ0) is 12.4. The van der Waals surface area contributed by atoms with Crippen molar-refractivity contribution in [2.24, 2.45) is 0 Å². The Morgan fingerprint density at radius 2 is 2.11 bits per heavy atom. The van der Waals surface area contributed by atoms with Crippen LogP contribution in [0.2, 0.25) is 0 Å². The minimum atomic E-state index is -0.174. The lowest BCUT2D eigenvalue weighted by molar-refractivity contribution is 0.189. The maximum atomic E-state index is 9.20. The molecule has 0 unspecified atom stereocenters. The van der Waals surface area contributed by atoms with E-state index in [1.54, 1.807) is 6.20 Å². The normalized spacial score (nSPS) is 19.2. The molecule has 0 amide bonds. The highest BCUT2D eigenvalue weighted by Gasteiger charge is 2.24. The van der Waals surface area contributed by atoms with Crippen molar-refractivity contribution >= 4 is 0 Å². The van der Waals surface area contributed by atoms with Crippen LogP contribution < -0.4 is 0 Å². The maximum absolute atomic E-state index is 9.20. The molecule has 0 N–H and O–H groups in total. The summed E-state index contributed by atoms with van der Waals surface area (Å²) in [4.78, 5) is 2.29. The summed E-state index contributed by atoms with van der Waals surface area (Å²) in [6, 6.07) is 14.5. The summed E-state index contributed by atoms with van der Waals surface area (Å²) in [6.07, 6.45) is 1.77. The maximum Gasteiger partial charge on any atom is 0.151 e. The molecule has 1 aliphatic heterocycles. The second-order valence-corrected chi connectivity index (χ2v) is 4.57. The average Bonchev–Trinajstić information content (AvgIpc) is 2.87. The van der Waals surface area contributed by atoms with Crippen LogP contribution in [-0.4, -0.2) is 21.2 Å². The first-order chi connectivity index (χ1) is 8.86. The van der Waals surface area contributed by atoms with Gasteiger partial charge >= 0.3 is 0 Å². The van der Waals surface area contributed by atoms with E-state index < -0.39 is 0 Å². The van der Waals surface area contributed by atoms with Gasteiger partial charge in [-0.25, -0.2) is 4.68 Å². The van der Waals surface area contributed by atoms with Gasteiger partial charge in [0.2, 0.25) is 0 Å². The molecule has 0 radical (unpaired) electrons. The van der Waals surface area contributed by atoms with Gasteiger partial charge in [-0.05, 0) is 11.6 Å². The van der Waals surface area contributed by atoms with Crippen LogP contribution in [0.15, 0.2) is 42.6 Å². The van der Waals surface area contributed by atoms with Gasteiger partial charge in [0.1, 0.15) is 0 Å². The third-order valence-electron chi connectivity index (χ3n) is 3.26. The van der Waals surface area contributed by atoms with Gasteiger partial charge in [-0.15, -0.1) is 0 Å². The minimum Gasteiger partial charge on any atom is -0.290 e. The number of hydrogen-bond acceptors (Lipinski definition) is 3. The molecular formula is C14H14N4. The lowest BCUT2D eigenvalue weighted by atomic mass is 10.1. The first kappa shape index (κ1) is 11.0. The van der Waals surface area contributed by atoms with E-state index in [1.165, 1.54) is 5.56 Å². The molecule has 0 fully saturated rings. The van der Waals surface area contributed by atoms with Gasteiger partial charge < -0.3 is 0 Å². The molecule has 1 atom stereocenters. The van der Waals surface area contributed by atoms with E-state index in [-0.39, 0.29) is 6.04 Å². The Bertz CT molecular complexity index is 567. The van der Waals surface area contributed by atoms with Crippen LogP contribution in [0.3, 0.4) is 0 Å². The van der Waals surface area contributed by atoms with Gasteiger partial charge in [0.05, 0.1) is 11.8 Å². The molecule has 0 saturated heterocycles. The molecular weight excluding hydrogens is 224 g/mol. The van der Waals surface area contributed by atoms with Gasteiger partial charge in [0.25, 0.3) is 0 Å². The summed E-state index contributed by atoms with van der Waals surface area (Å²) in [5.41, 5.74) is 2.39. The highest BCUT2D eigenvalue weighted by molar-refractivity contribution is 5.16. The van der Waals surface area contributed by atoms with Crippen molar-refractivity contribution in [2.45, 2.75) is 19.1 Å². The minimum absolute atomic E-state index is 0.174. The fourth-order valence-corrected chi connectivity index (χ4v) is 2.42. The quantitative estimate of drug-likeness (QED) is 0.803. The molecule has 1 aromatic heterocycles. The molecule has 1 aliphatic rings. The second-order valence-electron chi connectivity index (χ2n) is 4.57. The van der Waals surface area contributed by atoms with Crippen molar-refractivity contribution in [3.05, 3.63) is 53.9 Å². The lowest BCUT2D eigenvalue weighted by Gasteiger charge is -2.30. The van der Waals surface area contributed by atoms with E-state index in [9.17, 15) is 5.26 Å². The summed E-state index contributed by atoms with van der Waals surface area (Å²) in [5.74, 6) is 0. The van der Waals surface area contributed by atoms with Crippen LogP contribution in [0.5, 0.6) is 0 Å². The third-order valence-corrected chi connectivity index (χ3v) is 3.26. The molecule has 0 aliphatic carbocycles. The summed E-state index contributed by atoms with van der Waals surface area (Å²) in [6.45, 7) is 2.47. The monoisotopic (exact) mass is 238 g/mol. The summed E-state index contributed by atoms with van der Waals surface area (Å²) < 4.78 is 1.83. The van der Waals surface area contributed by atoms with Crippen LogP contribution >= 0.6 is 0 Å². The molecule has 3 rings (SSSR count). The Morgan fingerprint density at radius 1 is 1.28 bits per heavy atom. The van der Waals surface area contributed by atoms with Gasteiger partial charge in [-0.1, -0.05) is 30.3 Å². The number of rotatable bonds is 2. The largest absolute Gasteiger partial charge is 0.290 e. The number of hydrogen-bond donors (Lipinski definition) is 0. The second kappa shape index (κ2) is 4.63. The van der Waals surface area contributed by atoms with Crippen LogP contribution in [0.25, 0.3) is 0 Å². The summed E-state index contributed by atoms with van der Waals surface area (Å²) >= 11 is 0. The molecule has 1 aromatic carbocycles. The molecule has 4 nitrogen and oxygen atoms in total. The fourth-order valence-electron chi connectivity index (χ4n) is 2.42. The smallest absolute Gasteiger partial charge is 0.151 e. The van der Waals surface area contributed by atoms with Crippen molar-refractivity contribution in [1.29, 1.82) is 5.26 Å². The third kappa shape index (κ3) is 2.01. The van der Waals surface area contributed by atoms with Gasteiger partial charge in [-0.3, -0.25) is 4.90 Å². The summed E-state index contributed by atoms with van der Waals surface area (Å²) in [5, 5.41) is 13.4. The van der Waals surface area contributed by atoms with Gasteiger partial charge in [0.15, 0.2) is 6.04 Å². The standard InChI is InChI=1S/C14H14N4/c15-8-14-11-17(9-12-4-2-1-3-5-12)10-13-6-7-16-18(13)14/h1-7,14H,9-11H2/t14-/m1/s1. The lowest BCUT2D eigenvalue weighted by Crippen LogP contribution is -2.36. The number of benzene rings is 1. The van der Waals surface area contributed by atoms with Crippen LogP contribution in [0.1, 0.15) is 17.3 Å². The van der Waals surface area contributed by atoms with Crippen molar-refractivity contribution in [3.8, 4) is 6.07 Å². The predicted molar refractivity (Wildman–Crippen MR) is 67.4 cm³/mol. The van der Waals surface area contributed by atoms with Gasteiger partial charge in [0, 0.05) is 25.8 Å². The highest BCUT2D eigenvalue weighted by Crippen LogP contribution is 2.21. The fraction of sp³-hybridized carbons (Fsp3) is 0.286. The van der Waals surface area contributed by atoms with Crippen LogP contribution in [0.4, 0.5) is 0 Å². The SMILES string of the molecule is N#C[C@@H]1CN(Cc2ccccc2)Cc2ccnn21. The number of fused-ring (bicyclic) bond motifs is 1. The Hall–Kier alpha value is -2.12. The van der Waals surface area contributed by atoms with E-state index in [4.69, 9.17) is 0 Å². The average molecular weight is 238 g/mol. The Balaban J connectivity index is 1.79. The van der Waals surface area contributed by atoms with Gasteiger partial charge in [-0.2, -0.15) is 10.4 Å². The zero-order valence-corrected chi connectivity index (χ0v) is 10.0. The van der Waals surface area contributed by atoms with E-state index >= 15 is 0 Å². The number of aromatic nitrogens is 2. The van der Waals surface area contributed by atoms with E-state index in [1.807, 2.05) is 28.9 Å². The topological polar surface area (TPSA) is 44.9 Å². The van der Waals surface area contributed by atoms with Crippen LogP contribution in [0, 0.1) is 11.3 Å². The van der Waals surface area contributed by atoms with E-state index in [0.29, 0.717) is 0 Å². The first-order valence-corrected chi connectivity index (χ1v) is 6.05. The number of nitriles is 1. The van der Waals surface area contributed by atoms with Crippen molar-refractivity contribution < 1.29 is 0 Å². The molecule has 2 aromatic rings. The van der Waals surface area contributed by atoms with Crippen molar-refractivity contribution in [3.63, 3.8) is 0 Å². The molecule has 18 heavy (non-hydrogen) atoms. The van der Waals surface area contributed by atoms with E-state index in [0.717, 1.165) is 25.3 Å². The Kier molecular flexibility index (Phi) is 2.83. The molecule has 4 heteroatoms. The molecule has 90 valence electrons. The predicted octanol–water partition coefficient (Wildman–Crippen LogP) is 1.96. The van der Waals surface area contributed by atoms with Crippen molar-refractivity contribution in [1.82, 2.24) is 14.7 Å². The highest BCUT2D eigenvalue weighted by atomic mass is 15.4. The first-order valence-electron chi connectivity index (χ1n) is 6.05.